The molecule has 0 saturated heterocycles. The van der Waals surface area contributed by atoms with Gasteiger partial charge in [-0.2, -0.15) is 16.7 Å². The normalized spacial score (nSPS) is 12.1. The number of nitrogens with zero attached hydrogens (tertiary/aromatic N) is 2. The topological polar surface area (TPSA) is 102 Å². The molecule has 0 saturated carbocycles. The first kappa shape index (κ1) is 13.6. The summed E-state index contributed by atoms with van der Waals surface area (Å²) in [5.41, 5.74) is 2.32. The summed E-state index contributed by atoms with van der Waals surface area (Å²) in [6.07, 6.45) is 3.56. The Labute approximate surface area is 113 Å². The van der Waals surface area contributed by atoms with Crippen LogP contribution in [-0.4, -0.2) is 36.4 Å². The molecule has 0 bridgehead atoms. The Bertz CT molecular complexity index is 632. The SMILES string of the molecule is CSCCNS(=O)(=O)c1c(NN)nc2sccn12. The number of thioether (sulfide) groups is 1. The summed E-state index contributed by atoms with van der Waals surface area (Å²) in [6, 6.07) is 0. The molecule has 2 aromatic heterocycles. The standard InChI is InChI=1S/C8H13N5O2S3/c1-16-4-2-10-18(14,15)7-6(12-9)11-8-13(7)3-5-17-8/h3,5,10,12H,2,4,9H2,1H3. The van der Waals surface area contributed by atoms with Gasteiger partial charge in [0, 0.05) is 23.9 Å². The number of nitrogens with two attached hydrogens (primary N) is 1. The van der Waals surface area contributed by atoms with E-state index in [1.165, 1.54) is 15.7 Å². The van der Waals surface area contributed by atoms with Crippen molar-refractivity contribution in [2.45, 2.75) is 5.03 Å². The maximum atomic E-state index is 12.2. The summed E-state index contributed by atoms with van der Waals surface area (Å²) in [7, 11) is -3.63. The summed E-state index contributed by atoms with van der Waals surface area (Å²) < 4.78 is 28.4. The van der Waals surface area contributed by atoms with E-state index in [9.17, 15) is 8.42 Å². The first-order chi connectivity index (χ1) is 8.60. The number of hydrogen-bond acceptors (Lipinski definition) is 7. The zero-order valence-electron chi connectivity index (χ0n) is 9.58. The van der Waals surface area contributed by atoms with Crippen molar-refractivity contribution in [3.05, 3.63) is 11.6 Å². The van der Waals surface area contributed by atoms with Crippen LogP contribution in [0.5, 0.6) is 0 Å². The van der Waals surface area contributed by atoms with Gasteiger partial charge in [0.1, 0.15) is 0 Å². The number of nitrogens with one attached hydrogen (secondary N) is 2. The van der Waals surface area contributed by atoms with Gasteiger partial charge in [0.25, 0.3) is 10.0 Å². The van der Waals surface area contributed by atoms with Gasteiger partial charge in [-0.1, -0.05) is 0 Å². The number of hydrazine groups is 1. The maximum absolute atomic E-state index is 12.2. The van der Waals surface area contributed by atoms with E-state index < -0.39 is 10.0 Å². The Balaban J connectivity index is 2.41. The molecule has 2 aromatic rings. The van der Waals surface area contributed by atoms with Gasteiger partial charge in [-0.25, -0.2) is 19.0 Å². The summed E-state index contributed by atoms with van der Waals surface area (Å²) in [5.74, 6) is 6.16. The molecule has 4 N–H and O–H groups in total. The van der Waals surface area contributed by atoms with Crippen LogP contribution in [0.15, 0.2) is 16.6 Å². The molecule has 0 aliphatic heterocycles. The average molecular weight is 307 g/mol. The molecule has 0 aliphatic carbocycles. The van der Waals surface area contributed by atoms with Crippen molar-refractivity contribution < 1.29 is 8.42 Å². The van der Waals surface area contributed by atoms with Crippen LogP contribution < -0.4 is 16.0 Å². The van der Waals surface area contributed by atoms with Gasteiger partial charge in [0.2, 0.25) is 5.03 Å². The second-order valence-corrected chi connectivity index (χ2v) is 6.90. The number of rotatable bonds is 6. The summed E-state index contributed by atoms with van der Waals surface area (Å²) in [4.78, 5) is 4.68. The average Bonchev–Trinajstić information content (AvgIpc) is 2.87. The molecule has 100 valence electrons. The van der Waals surface area contributed by atoms with Gasteiger partial charge in [-0.3, -0.25) is 4.40 Å². The first-order valence-corrected chi connectivity index (χ1v) is 8.76. The molecule has 0 aromatic carbocycles. The first-order valence-electron chi connectivity index (χ1n) is 5.01. The number of hydrogen-bond donors (Lipinski definition) is 3. The van der Waals surface area contributed by atoms with E-state index in [0.717, 1.165) is 0 Å². The van der Waals surface area contributed by atoms with Crippen molar-refractivity contribution >= 4 is 43.9 Å². The van der Waals surface area contributed by atoms with Gasteiger partial charge in [-0.05, 0) is 6.26 Å². The molecule has 7 nitrogen and oxygen atoms in total. The smallest absolute Gasteiger partial charge is 0.260 e. The number of nitrogen functional groups attached to an aromatic ring is 1. The number of aromatic nitrogens is 2. The van der Waals surface area contributed by atoms with E-state index >= 15 is 0 Å². The highest BCUT2D eigenvalue weighted by molar-refractivity contribution is 7.98. The third-order valence-electron chi connectivity index (χ3n) is 2.21. The van der Waals surface area contributed by atoms with Crippen LogP contribution in [0.25, 0.3) is 4.96 Å². The van der Waals surface area contributed by atoms with E-state index in [-0.39, 0.29) is 10.8 Å². The Morgan fingerprint density at radius 3 is 3.06 bits per heavy atom. The molecule has 0 spiro atoms. The van der Waals surface area contributed by atoms with Gasteiger partial charge in [-0.15, -0.1) is 11.3 Å². The molecule has 2 rings (SSSR count). The third kappa shape index (κ3) is 2.47. The Morgan fingerprint density at radius 2 is 2.39 bits per heavy atom. The predicted octanol–water partition coefficient (Wildman–Crippen LogP) is 0.323. The number of fused-ring (bicyclic) bond motifs is 1. The monoisotopic (exact) mass is 307 g/mol. The van der Waals surface area contributed by atoms with Crippen LogP contribution >= 0.6 is 23.1 Å². The van der Waals surface area contributed by atoms with Gasteiger partial charge in [0.15, 0.2) is 10.8 Å². The Kier molecular flexibility index (Phi) is 4.12. The molecular weight excluding hydrogens is 294 g/mol. The van der Waals surface area contributed by atoms with Crippen molar-refractivity contribution in [3.63, 3.8) is 0 Å². The van der Waals surface area contributed by atoms with E-state index in [4.69, 9.17) is 5.84 Å². The van der Waals surface area contributed by atoms with Crippen LogP contribution in [0.3, 0.4) is 0 Å². The number of anilines is 1. The second-order valence-electron chi connectivity index (χ2n) is 3.36. The van der Waals surface area contributed by atoms with Crippen molar-refractivity contribution in [1.29, 1.82) is 0 Å². The van der Waals surface area contributed by atoms with Gasteiger partial charge < -0.3 is 5.43 Å². The summed E-state index contributed by atoms with van der Waals surface area (Å²) in [6.45, 7) is 0.366. The third-order valence-corrected chi connectivity index (χ3v) is 5.06. The summed E-state index contributed by atoms with van der Waals surface area (Å²) in [5, 5.41) is 1.81. The molecule has 0 radical (unpaired) electrons. The van der Waals surface area contributed by atoms with Crippen LogP contribution in [0.2, 0.25) is 0 Å². The summed E-state index contributed by atoms with van der Waals surface area (Å²) >= 11 is 2.91. The van der Waals surface area contributed by atoms with Crippen LogP contribution in [0, 0.1) is 0 Å². The van der Waals surface area contributed by atoms with E-state index in [0.29, 0.717) is 17.3 Å². The highest BCUT2D eigenvalue weighted by Gasteiger charge is 2.25. The van der Waals surface area contributed by atoms with Crippen LogP contribution in [-0.2, 0) is 10.0 Å². The second kappa shape index (κ2) is 5.45. The van der Waals surface area contributed by atoms with E-state index in [1.807, 2.05) is 6.26 Å². The molecule has 0 amide bonds. The Hall–Kier alpha value is -0.810. The fourth-order valence-electron chi connectivity index (χ4n) is 1.46. The number of thiazole rings is 1. The minimum atomic E-state index is -3.63. The molecule has 0 aliphatic rings. The zero-order valence-corrected chi connectivity index (χ0v) is 12.0. The zero-order chi connectivity index (χ0) is 13.2. The minimum absolute atomic E-state index is 0.0438. The maximum Gasteiger partial charge on any atom is 0.260 e. The predicted molar refractivity (Wildman–Crippen MR) is 74.4 cm³/mol. The van der Waals surface area contributed by atoms with Crippen molar-refractivity contribution in [3.8, 4) is 0 Å². The lowest BCUT2D eigenvalue weighted by molar-refractivity contribution is 0.579. The van der Waals surface area contributed by atoms with E-state index in [2.05, 4.69) is 15.1 Å². The van der Waals surface area contributed by atoms with Crippen LogP contribution in [0.1, 0.15) is 0 Å². The minimum Gasteiger partial charge on any atom is -0.306 e. The highest BCUT2D eigenvalue weighted by Crippen LogP contribution is 2.24. The molecule has 0 unspecified atom stereocenters. The molecule has 2 heterocycles. The van der Waals surface area contributed by atoms with Gasteiger partial charge in [0.05, 0.1) is 0 Å². The van der Waals surface area contributed by atoms with Gasteiger partial charge >= 0.3 is 0 Å². The molecular formula is C8H13N5O2S3. The number of sulfonamides is 1. The highest BCUT2D eigenvalue weighted by atomic mass is 32.2. The van der Waals surface area contributed by atoms with Crippen molar-refractivity contribution in [1.82, 2.24) is 14.1 Å². The largest absolute Gasteiger partial charge is 0.306 e. The lowest BCUT2D eigenvalue weighted by Gasteiger charge is -2.06. The molecule has 0 atom stereocenters. The number of imidazole rings is 1. The molecule has 10 heteroatoms. The van der Waals surface area contributed by atoms with Crippen molar-refractivity contribution in [2.75, 3.05) is 24.0 Å². The van der Waals surface area contributed by atoms with Crippen LogP contribution in [0.4, 0.5) is 5.82 Å². The lowest BCUT2D eigenvalue weighted by atomic mass is 10.7. The van der Waals surface area contributed by atoms with Crippen molar-refractivity contribution in [2.24, 2.45) is 5.84 Å². The fraction of sp³-hybridized carbons (Fsp3) is 0.375. The Morgan fingerprint density at radius 1 is 1.61 bits per heavy atom. The fourth-order valence-corrected chi connectivity index (χ4v) is 3.94. The lowest BCUT2D eigenvalue weighted by Crippen LogP contribution is -2.28. The molecule has 0 fully saturated rings. The van der Waals surface area contributed by atoms with E-state index in [1.54, 1.807) is 23.3 Å². The quantitative estimate of drug-likeness (QED) is 0.404. The molecule has 18 heavy (non-hydrogen) atoms.